The van der Waals surface area contributed by atoms with Crippen molar-refractivity contribution < 1.29 is 28.6 Å². The van der Waals surface area contributed by atoms with Gasteiger partial charge in [-0.1, -0.05) is 12.1 Å². The third-order valence-electron chi connectivity index (χ3n) is 3.67. The van der Waals surface area contributed by atoms with Crippen molar-refractivity contribution in [1.82, 2.24) is 10.9 Å². The second-order valence-electron chi connectivity index (χ2n) is 5.38. The van der Waals surface area contributed by atoms with E-state index in [0.29, 0.717) is 17.1 Å². The molecule has 0 aromatic heterocycles. The summed E-state index contributed by atoms with van der Waals surface area (Å²) >= 11 is 0. The lowest BCUT2D eigenvalue weighted by atomic mass is 10.1. The van der Waals surface area contributed by atoms with Gasteiger partial charge in [-0.3, -0.25) is 20.4 Å². The van der Waals surface area contributed by atoms with Crippen LogP contribution in [0.25, 0.3) is 0 Å². The Bertz CT molecular complexity index is 834. The van der Waals surface area contributed by atoms with Crippen LogP contribution in [0.15, 0.2) is 48.5 Å². The number of benzene rings is 2. The van der Waals surface area contributed by atoms with Crippen molar-refractivity contribution in [3.63, 3.8) is 0 Å². The van der Waals surface area contributed by atoms with Crippen molar-refractivity contribution in [2.24, 2.45) is 0 Å². The first-order valence-corrected chi connectivity index (χ1v) is 7.75. The topological polar surface area (TPSA) is 103 Å². The van der Waals surface area contributed by atoms with Gasteiger partial charge in [-0.2, -0.15) is 0 Å². The summed E-state index contributed by atoms with van der Waals surface area (Å²) in [6, 6.07) is 12.8. The van der Waals surface area contributed by atoms with Crippen LogP contribution in [0.2, 0.25) is 0 Å². The minimum atomic E-state index is -0.882. The zero-order chi connectivity index (χ0) is 18.5. The second-order valence-corrected chi connectivity index (χ2v) is 5.38. The number of nitrogens with one attached hydrogen (secondary N) is 2. The predicted molar refractivity (Wildman–Crippen MR) is 89.7 cm³/mol. The number of fused-ring (bicyclic) bond motifs is 1. The summed E-state index contributed by atoms with van der Waals surface area (Å²) in [5.74, 6) is -0.555. The summed E-state index contributed by atoms with van der Waals surface area (Å²) in [6.07, 6.45) is -0.882. The highest BCUT2D eigenvalue weighted by molar-refractivity contribution is 5.97. The molecule has 1 aliphatic rings. The fourth-order valence-electron chi connectivity index (χ4n) is 2.30. The zero-order valence-electron chi connectivity index (χ0n) is 13.9. The van der Waals surface area contributed by atoms with E-state index < -0.39 is 23.9 Å². The summed E-state index contributed by atoms with van der Waals surface area (Å²) in [7, 11) is 1.27. The van der Waals surface area contributed by atoms with Crippen molar-refractivity contribution in [1.29, 1.82) is 0 Å². The number of hydrogen-bond acceptors (Lipinski definition) is 6. The van der Waals surface area contributed by atoms with Crippen LogP contribution in [0.5, 0.6) is 11.5 Å². The normalized spacial score (nSPS) is 14.9. The van der Waals surface area contributed by atoms with Gasteiger partial charge in [0.05, 0.1) is 12.7 Å². The van der Waals surface area contributed by atoms with E-state index in [-0.39, 0.29) is 12.2 Å². The number of para-hydroxylation sites is 2. The molecule has 0 unspecified atom stereocenters. The fraction of sp³-hybridized carbons (Fsp3) is 0.167. The van der Waals surface area contributed by atoms with E-state index >= 15 is 0 Å². The minimum absolute atomic E-state index is 0.0343. The van der Waals surface area contributed by atoms with Crippen molar-refractivity contribution in [3.8, 4) is 11.5 Å². The van der Waals surface area contributed by atoms with Gasteiger partial charge in [0.1, 0.15) is 6.61 Å². The molecular weight excluding hydrogens is 340 g/mol. The third-order valence-corrected chi connectivity index (χ3v) is 3.67. The Morgan fingerprint density at radius 1 is 0.962 bits per heavy atom. The van der Waals surface area contributed by atoms with Crippen LogP contribution in [-0.4, -0.2) is 37.6 Å². The molecule has 0 aliphatic carbocycles. The summed E-state index contributed by atoms with van der Waals surface area (Å²) < 4.78 is 15.6. The van der Waals surface area contributed by atoms with Gasteiger partial charge in [0.15, 0.2) is 11.5 Å². The van der Waals surface area contributed by atoms with Crippen LogP contribution >= 0.6 is 0 Å². The SMILES string of the molecule is COC(=O)c1ccc(C(=O)NNC(=O)[C@@H]2COc3ccccc3O2)cc1. The Hall–Kier alpha value is -3.55. The van der Waals surface area contributed by atoms with Gasteiger partial charge < -0.3 is 14.2 Å². The summed E-state index contributed by atoms with van der Waals surface area (Å²) in [4.78, 5) is 35.6. The highest BCUT2D eigenvalue weighted by Crippen LogP contribution is 2.30. The molecule has 2 aromatic carbocycles. The van der Waals surface area contributed by atoms with E-state index in [0.717, 1.165) is 0 Å². The van der Waals surface area contributed by atoms with Crippen LogP contribution in [0.1, 0.15) is 20.7 Å². The molecule has 2 N–H and O–H groups in total. The lowest BCUT2D eigenvalue weighted by Gasteiger charge is -2.25. The number of esters is 1. The molecule has 3 rings (SSSR count). The van der Waals surface area contributed by atoms with Crippen molar-refractivity contribution in [2.45, 2.75) is 6.10 Å². The molecule has 0 bridgehead atoms. The molecule has 26 heavy (non-hydrogen) atoms. The maximum absolute atomic E-state index is 12.1. The van der Waals surface area contributed by atoms with Crippen LogP contribution in [-0.2, 0) is 9.53 Å². The smallest absolute Gasteiger partial charge is 0.337 e. The van der Waals surface area contributed by atoms with Crippen LogP contribution < -0.4 is 20.3 Å². The Balaban J connectivity index is 1.54. The third kappa shape index (κ3) is 3.75. The number of ether oxygens (including phenoxy) is 3. The quantitative estimate of drug-likeness (QED) is 0.630. The Labute approximate surface area is 149 Å². The van der Waals surface area contributed by atoms with E-state index in [1.165, 1.54) is 31.4 Å². The van der Waals surface area contributed by atoms with E-state index in [1.807, 2.05) is 0 Å². The molecule has 0 radical (unpaired) electrons. The van der Waals surface area contributed by atoms with Gasteiger partial charge >= 0.3 is 5.97 Å². The number of amides is 2. The molecule has 0 fully saturated rings. The predicted octanol–water partition coefficient (Wildman–Crippen LogP) is 1.07. The summed E-state index contributed by atoms with van der Waals surface area (Å²) in [6.45, 7) is 0.0343. The molecule has 1 atom stereocenters. The minimum Gasteiger partial charge on any atom is -0.485 e. The highest BCUT2D eigenvalue weighted by Gasteiger charge is 2.27. The number of hydrazine groups is 1. The Kier molecular flexibility index (Phi) is 5.02. The number of methoxy groups -OCH3 is 1. The first-order valence-electron chi connectivity index (χ1n) is 7.75. The van der Waals surface area contributed by atoms with Gasteiger partial charge in [-0.05, 0) is 36.4 Å². The molecule has 0 saturated carbocycles. The Morgan fingerprint density at radius 3 is 2.31 bits per heavy atom. The first-order chi connectivity index (χ1) is 12.6. The average Bonchev–Trinajstić information content (AvgIpc) is 2.70. The van der Waals surface area contributed by atoms with E-state index in [4.69, 9.17) is 9.47 Å². The lowest BCUT2D eigenvalue weighted by molar-refractivity contribution is -0.131. The maximum Gasteiger partial charge on any atom is 0.337 e. The molecular formula is C18H16N2O6. The van der Waals surface area contributed by atoms with Crippen molar-refractivity contribution >= 4 is 17.8 Å². The molecule has 0 saturated heterocycles. The van der Waals surface area contributed by atoms with E-state index in [9.17, 15) is 14.4 Å². The molecule has 2 amide bonds. The average molecular weight is 356 g/mol. The molecule has 134 valence electrons. The van der Waals surface area contributed by atoms with Gasteiger partial charge in [0.25, 0.3) is 11.8 Å². The van der Waals surface area contributed by atoms with Gasteiger partial charge in [0, 0.05) is 5.56 Å². The lowest BCUT2D eigenvalue weighted by Crippen LogP contribution is -2.50. The van der Waals surface area contributed by atoms with Crippen LogP contribution in [0, 0.1) is 0 Å². The van der Waals surface area contributed by atoms with E-state index in [1.54, 1.807) is 24.3 Å². The molecule has 0 spiro atoms. The van der Waals surface area contributed by atoms with Crippen LogP contribution in [0.3, 0.4) is 0 Å². The van der Waals surface area contributed by atoms with Crippen LogP contribution in [0.4, 0.5) is 0 Å². The van der Waals surface area contributed by atoms with Crippen molar-refractivity contribution in [2.75, 3.05) is 13.7 Å². The zero-order valence-corrected chi connectivity index (χ0v) is 13.9. The molecule has 1 heterocycles. The fourth-order valence-corrected chi connectivity index (χ4v) is 2.30. The largest absolute Gasteiger partial charge is 0.485 e. The van der Waals surface area contributed by atoms with Gasteiger partial charge in [-0.25, -0.2) is 4.79 Å². The second kappa shape index (κ2) is 7.56. The first kappa shape index (κ1) is 17.3. The van der Waals surface area contributed by atoms with Gasteiger partial charge in [0.2, 0.25) is 6.10 Å². The van der Waals surface area contributed by atoms with Crippen molar-refractivity contribution in [3.05, 3.63) is 59.7 Å². The van der Waals surface area contributed by atoms with E-state index in [2.05, 4.69) is 15.6 Å². The monoisotopic (exact) mass is 356 g/mol. The summed E-state index contributed by atoms with van der Waals surface area (Å²) in [5.41, 5.74) is 5.17. The number of carbonyl (C=O) groups excluding carboxylic acids is 3. The molecule has 8 heteroatoms. The van der Waals surface area contributed by atoms with Gasteiger partial charge in [-0.15, -0.1) is 0 Å². The standard InChI is InChI=1S/C18H16N2O6/c1-24-18(23)12-8-6-11(7-9-12)16(21)19-20-17(22)15-10-25-13-4-2-3-5-14(13)26-15/h2-9,15H,10H2,1H3,(H,19,21)(H,20,22)/t15-/m0/s1. The number of rotatable bonds is 3. The Morgan fingerprint density at radius 2 is 1.62 bits per heavy atom. The molecule has 2 aromatic rings. The number of carbonyl (C=O) groups is 3. The highest BCUT2D eigenvalue weighted by atomic mass is 16.6. The summed E-state index contributed by atoms with van der Waals surface area (Å²) in [5, 5.41) is 0. The maximum atomic E-state index is 12.1. The molecule has 8 nitrogen and oxygen atoms in total. The molecule has 1 aliphatic heterocycles. The number of hydrogen-bond donors (Lipinski definition) is 2.